The predicted octanol–water partition coefficient (Wildman–Crippen LogP) is 4.03. The summed E-state index contributed by atoms with van der Waals surface area (Å²) in [6.45, 7) is 5.14. The standard InChI is InChI=1S/C22H20N2O5S/c1-4-28-18-11-9-17(10-12-18)24(14(2)25)22-23-21(27)20(30-22)13-16-7-5-6-8-19(16)29-15(3)26/h5-13H,4H2,1-3H3/b20-13-. The lowest BCUT2D eigenvalue weighted by Gasteiger charge is -2.20. The number of benzene rings is 2. The Morgan fingerprint density at radius 1 is 1.10 bits per heavy atom. The highest BCUT2D eigenvalue weighted by molar-refractivity contribution is 8.19. The van der Waals surface area contributed by atoms with Gasteiger partial charge in [0.2, 0.25) is 5.91 Å². The Labute approximate surface area is 178 Å². The van der Waals surface area contributed by atoms with Gasteiger partial charge in [-0.15, -0.1) is 0 Å². The zero-order valence-corrected chi connectivity index (χ0v) is 17.6. The molecule has 8 heteroatoms. The Hall–Kier alpha value is -3.39. The minimum atomic E-state index is -0.468. The summed E-state index contributed by atoms with van der Waals surface area (Å²) in [6.07, 6.45) is 1.60. The molecule has 0 bridgehead atoms. The largest absolute Gasteiger partial charge is 0.494 e. The highest BCUT2D eigenvalue weighted by Crippen LogP contribution is 2.34. The molecule has 0 aromatic heterocycles. The maximum atomic E-state index is 12.5. The number of carbonyl (C=O) groups excluding carboxylic acids is 3. The van der Waals surface area contributed by atoms with E-state index in [9.17, 15) is 14.4 Å². The summed E-state index contributed by atoms with van der Waals surface area (Å²) in [4.78, 5) is 41.8. The number of nitrogens with zero attached hydrogens (tertiary/aromatic N) is 2. The quantitative estimate of drug-likeness (QED) is 0.409. The lowest BCUT2D eigenvalue weighted by Crippen LogP contribution is -2.32. The highest BCUT2D eigenvalue weighted by atomic mass is 32.2. The molecule has 0 saturated carbocycles. The first-order valence-electron chi connectivity index (χ1n) is 9.22. The van der Waals surface area contributed by atoms with E-state index < -0.39 is 11.9 Å². The maximum Gasteiger partial charge on any atom is 0.308 e. The molecule has 0 fully saturated rings. The molecular weight excluding hydrogens is 404 g/mol. The fraction of sp³-hybridized carbons (Fsp3) is 0.182. The van der Waals surface area contributed by atoms with Crippen LogP contribution >= 0.6 is 11.8 Å². The number of aliphatic imine (C=N–C) groups is 1. The molecular formula is C22H20N2O5S. The number of rotatable bonds is 5. The summed E-state index contributed by atoms with van der Waals surface area (Å²) in [6, 6.07) is 13.8. The molecule has 1 heterocycles. The van der Waals surface area contributed by atoms with Gasteiger partial charge in [-0.05, 0) is 55.1 Å². The summed E-state index contributed by atoms with van der Waals surface area (Å²) in [7, 11) is 0. The van der Waals surface area contributed by atoms with Crippen molar-refractivity contribution in [2.45, 2.75) is 20.8 Å². The topological polar surface area (TPSA) is 85.3 Å². The van der Waals surface area contributed by atoms with Crippen molar-refractivity contribution < 1.29 is 23.9 Å². The molecule has 0 aliphatic carbocycles. The molecule has 2 aromatic carbocycles. The molecule has 154 valence electrons. The molecule has 0 atom stereocenters. The van der Waals surface area contributed by atoms with Crippen molar-refractivity contribution in [2.75, 3.05) is 11.5 Å². The Balaban J connectivity index is 1.87. The van der Waals surface area contributed by atoms with Gasteiger partial charge in [0.1, 0.15) is 11.5 Å². The number of para-hydroxylation sites is 1. The number of hydrogen-bond donors (Lipinski definition) is 0. The monoisotopic (exact) mass is 424 g/mol. The molecule has 0 radical (unpaired) electrons. The third-order valence-corrected chi connectivity index (χ3v) is 4.95. The molecule has 2 aromatic rings. The SMILES string of the molecule is CCOc1ccc(N(C(C)=O)C2=NC(=O)/C(=C/c3ccccc3OC(C)=O)S2)cc1. The van der Waals surface area contributed by atoms with E-state index in [1.54, 1.807) is 54.6 Å². The van der Waals surface area contributed by atoms with E-state index in [1.165, 1.54) is 18.7 Å². The van der Waals surface area contributed by atoms with Crippen LogP contribution in [-0.4, -0.2) is 29.6 Å². The zero-order chi connectivity index (χ0) is 21.7. The van der Waals surface area contributed by atoms with Gasteiger partial charge >= 0.3 is 5.97 Å². The second-order valence-corrected chi connectivity index (χ2v) is 7.23. The Morgan fingerprint density at radius 2 is 1.80 bits per heavy atom. The van der Waals surface area contributed by atoms with Gasteiger partial charge in [-0.2, -0.15) is 4.99 Å². The predicted molar refractivity (Wildman–Crippen MR) is 117 cm³/mol. The third-order valence-electron chi connectivity index (χ3n) is 3.98. The van der Waals surface area contributed by atoms with Crippen LogP contribution in [0, 0.1) is 0 Å². The lowest BCUT2D eigenvalue weighted by atomic mass is 10.2. The molecule has 3 rings (SSSR count). The molecule has 0 saturated heterocycles. The van der Waals surface area contributed by atoms with Crippen LogP contribution in [0.3, 0.4) is 0 Å². The number of hydrogen-bond acceptors (Lipinski definition) is 6. The molecule has 7 nitrogen and oxygen atoms in total. The van der Waals surface area contributed by atoms with Gasteiger partial charge in [-0.25, -0.2) is 0 Å². The van der Waals surface area contributed by atoms with Gasteiger partial charge < -0.3 is 9.47 Å². The van der Waals surface area contributed by atoms with Gasteiger partial charge in [0.05, 0.1) is 17.2 Å². The van der Waals surface area contributed by atoms with Crippen molar-refractivity contribution in [3.8, 4) is 11.5 Å². The third kappa shape index (κ3) is 4.96. The van der Waals surface area contributed by atoms with E-state index in [0.717, 1.165) is 11.8 Å². The Kier molecular flexibility index (Phi) is 6.68. The molecule has 2 amide bonds. The van der Waals surface area contributed by atoms with E-state index in [-0.39, 0.29) is 11.1 Å². The first kappa shape index (κ1) is 21.3. The van der Waals surface area contributed by atoms with Crippen LogP contribution < -0.4 is 14.4 Å². The van der Waals surface area contributed by atoms with Gasteiger partial charge in [-0.1, -0.05) is 18.2 Å². The number of carbonyl (C=O) groups is 3. The Bertz CT molecular complexity index is 1040. The smallest absolute Gasteiger partial charge is 0.308 e. The first-order valence-corrected chi connectivity index (χ1v) is 10.0. The summed E-state index contributed by atoms with van der Waals surface area (Å²) in [5, 5.41) is 0.257. The van der Waals surface area contributed by atoms with Crippen molar-refractivity contribution in [3.05, 3.63) is 59.0 Å². The first-order chi connectivity index (χ1) is 14.4. The van der Waals surface area contributed by atoms with Gasteiger partial charge in [0, 0.05) is 19.4 Å². The number of thioether (sulfide) groups is 1. The van der Waals surface area contributed by atoms with Crippen LogP contribution in [0.5, 0.6) is 11.5 Å². The molecule has 30 heavy (non-hydrogen) atoms. The van der Waals surface area contributed by atoms with Crippen molar-refractivity contribution >= 4 is 46.5 Å². The number of ether oxygens (including phenoxy) is 2. The summed E-state index contributed by atoms with van der Waals surface area (Å²) in [5.41, 5.74) is 1.14. The number of anilines is 1. The van der Waals surface area contributed by atoms with Crippen LogP contribution in [0.4, 0.5) is 5.69 Å². The lowest BCUT2D eigenvalue weighted by molar-refractivity contribution is -0.132. The van der Waals surface area contributed by atoms with Crippen LogP contribution in [0.2, 0.25) is 0 Å². The number of amidine groups is 1. The normalized spacial score (nSPS) is 14.4. The molecule has 0 N–H and O–H groups in total. The van der Waals surface area contributed by atoms with Gasteiger partial charge in [0.15, 0.2) is 5.17 Å². The maximum absolute atomic E-state index is 12.5. The van der Waals surface area contributed by atoms with Gasteiger partial charge in [-0.3, -0.25) is 19.3 Å². The molecule has 1 aliphatic heterocycles. The minimum Gasteiger partial charge on any atom is -0.494 e. The number of esters is 1. The number of amides is 2. The van der Waals surface area contributed by atoms with Crippen LogP contribution in [0.25, 0.3) is 6.08 Å². The zero-order valence-electron chi connectivity index (χ0n) is 16.7. The highest BCUT2D eigenvalue weighted by Gasteiger charge is 2.29. The average Bonchev–Trinajstić information content (AvgIpc) is 3.04. The van der Waals surface area contributed by atoms with E-state index >= 15 is 0 Å². The van der Waals surface area contributed by atoms with Crippen LogP contribution in [0.1, 0.15) is 26.3 Å². The summed E-state index contributed by atoms with van der Waals surface area (Å²) in [5.74, 6) is -0.176. The second kappa shape index (κ2) is 9.41. The summed E-state index contributed by atoms with van der Waals surface area (Å²) >= 11 is 1.08. The van der Waals surface area contributed by atoms with Crippen LogP contribution in [-0.2, 0) is 14.4 Å². The Morgan fingerprint density at radius 3 is 2.43 bits per heavy atom. The van der Waals surface area contributed by atoms with Crippen molar-refractivity contribution in [3.63, 3.8) is 0 Å². The molecule has 1 aliphatic rings. The van der Waals surface area contributed by atoms with Crippen molar-refractivity contribution in [1.82, 2.24) is 0 Å². The van der Waals surface area contributed by atoms with E-state index in [0.29, 0.717) is 34.3 Å². The molecule has 0 unspecified atom stereocenters. The fourth-order valence-corrected chi connectivity index (χ4v) is 3.74. The van der Waals surface area contributed by atoms with Gasteiger partial charge in [0.25, 0.3) is 5.91 Å². The van der Waals surface area contributed by atoms with E-state index in [1.807, 2.05) is 6.92 Å². The molecule has 0 spiro atoms. The van der Waals surface area contributed by atoms with E-state index in [4.69, 9.17) is 9.47 Å². The minimum absolute atomic E-state index is 0.257. The summed E-state index contributed by atoms with van der Waals surface area (Å²) < 4.78 is 10.6. The second-order valence-electron chi connectivity index (χ2n) is 6.22. The van der Waals surface area contributed by atoms with Crippen molar-refractivity contribution in [1.29, 1.82) is 0 Å². The average molecular weight is 424 g/mol. The van der Waals surface area contributed by atoms with Crippen LogP contribution in [0.15, 0.2) is 58.4 Å². The van der Waals surface area contributed by atoms with Crippen molar-refractivity contribution in [2.24, 2.45) is 4.99 Å². The van der Waals surface area contributed by atoms with E-state index in [2.05, 4.69) is 4.99 Å². The fourth-order valence-electron chi connectivity index (χ4n) is 2.77.